The van der Waals surface area contributed by atoms with E-state index in [-0.39, 0.29) is 18.9 Å². The third-order valence-electron chi connectivity index (χ3n) is 4.16. The second kappa shape index (κ2) is 9.56. The maximum Gasteiger partial charge on any atom is 0.326 e. The minimum absolute atomic E-state index is 0.160. The Morgan fingerprint density at radius 3 is 2.50 bits per heavy atom. The smallest absolute Gasteiger partial charge is 0.326 e. The monoisotopic (exact) mass is 356 g/mol. The molecule has 0 saturated carbocycles. The number of benzene rings is 2. The van der Waals surface area contributed by atoms with Gasteiger partial charge < -0.3 is 15.7 Å². The number of carbonyl (C=O) groups is 3. The van der Waals surface area contributed by atoms with Crippen LogP contribution in [0.4, 0.5) is 0 Å². The number of carboxylic acids is 1. The van der Waals surface area contributed by atoms with Crippen LogP contribution in [0.3, 0.4) is 0 Å². The Hall–Kier alpha value is -2.89. The highest BCUT2D eigenvalue weighted by molar-refractivity contribution is 5.92. The Labute approximate surface area is 152 Å². The zero-order valence-electron chi connectivity index (χ0n) is 14.8. The van der Waals surface area contributed by atoms with E-state index in [9.17, 15) is 14.4 Å². The van der Waals surface area contributed by atoms with Gasteiger partial charge in [0, 0.05) is 0 Å². The number of fused-ring (bicyclic) bond motifs is 1. The molecule has 26 heavy (non-hydrogen) atoms. The van der Waals surface area contributed by atoms with Crippen LogP contribution in [-0.2, 0) is 20.8 Å². The third kappa shape index (κ3) is 5.58. The number of carbonyl (C=O) groups excluding carboxylic acids is 2. The highest BCUT2D eigenvalue weighted by atomic mass is 16.4. The van der Waals surface area contributed by atoms with Crippen molar-refractivity contribution in [2.45, 2.75) is 38.6 Å². The molecule has 0 aliphatic heterocycles. The van der Waals surface area contributed by atoms with Crippen molar-refractivity contribution in [1.29, 1.82) is 0 Å². The summed E-state index contributed by atoms with van der Waals surface area (Å²) in [4.78, 5) is 35.2. The predicted octanol–water partition coefficient (Wildman–Crippen LogP) is 2.26. The second-order valence-electron chi connectivity index (χ2n) is 6.19. The summed E-state index contributed by atoms with van der Waals surface area (Å²) in [6.45, 7) is 1.72. The number of hydrogen-bond acceptors (Lipinski definition) is 3. The molecule has 6 heteroatoms. The lowest BCUT2D eigenvalue weighted by Gasteiger charge is -2.14. The molecule has 2 rings (SSSR count). The fourth-order valence-corrected chi connectivity index (χ4v) is 2.77. The molecule has 2 aromatic rings. The molecule has 0 saturated heterocycles. The number of rotatable bonds is 9. The summed E-state index contributed by atoms with van der Waals surface area (Å²) in [6, 6.07) is 12.6. The third-order valence-corrected chi connectivity index (χ3v) is 4.16. The van der Waals surface area contributed by atoms with Crippen molar-refractivity contribution in [3.63, 3.8) is 0 Å². The second-order valence-corrected chi connectivity index (χ2v) is 6.19. The van der Waals surface area contributed by atoms with Gasteiger partial charge in [-0.15, -0.1) is 0 Å². The maximum absolute atomic E-state index is 12.1. The van der Waals surface area contributed by atoms with Crippen LogP contribution in [0.15, 0.2) is 42.5 Å². The van der Waals surface area contributed by atoms with Crippen molar-refractivity contribution in [3.05, 3.63) is 48.0 Å². The summed E-state index contributed by atoms with van der Waals surface area (Å²) in [7, 11) is 0. The average molecular weight is 356 g/mol. The van der Waals surface area contributed by atoms with Gasteiger partial charge in [0.25, 0.3) is 0 Å². The van der Waals surface area contributed by atoms with Crippen molar-refractivity contribution in [3.8, 4) is 0 Å². The molecule has 0 spiro atoms. The van der Waals surface area contributed by atoms with E-state index in [0.29, 0.717) is 12.8 Å². The van der Waals surface area contributed by atoms with Crippen molar-refractivity contribution in [2.24, 2.45) is 0 Å². The van der Waals surface area contributed by atoms with E-state index in [1.165, 1.54) is 0 Å². The lowest BCUT2D eigenvalue weighted by Crippen LogP contribution is -2.45. The summed E-state index contributed by atoms with van der Waals surface area (Å²) < 4.78 is 0. The lowest BCUT2D eigenvalue weighted by atomic mass is 10.0. The number of nitrogens with one attached hydrogen (secondary N) is 2. The summed E-state index contributed by atoms with van der Waals surface area (Å²) in [5.41, 5.74) is 0.882. The highest BCUT2D eigenvalue weighted by Gasteiger charge is 2.19. The van der Waals surface area contributed by atoms with E-state index in [1.54, 1.807) is 0 Å². The van der Waals surface area contributed by atoms with Gasteiger partial charge in [-0.25, -0.2) is 4.79 Å². The molecule has 0 fully saturated rings. The molecular formula is C20H24N2O4. The number of hydrogen-bond donors (Lipinski definition) is 3. The molecule has 0 aromatic heterocycles. The summed E-state index contributed by atoms with van der Waals surface area (Å²) in [5.74, 6) is -1.84. The van der Waals surface area contributed by atoms with Gasteiger partial charge >= 0.3 is 5.97 Å². The first-order valence-corrected chi connectivity index (χ1v) is 8.76. The molecule has 1 atom stereocenters. The number of carboxylic acid groups (broad SMARTS) is 1. The van der Waals surface area contributed by atoms with Gasteiger partial charge in [-0.2, -0.15) is 0 Å². The first-order valence-electron chi connectivity index (χ1n) is 8.76. The fraction of sp³-hybridized carbons (Fsp3) is 0.350. The molecule has 6 nitrogen and oxygen atoms in total. The SMILES string of the molecule is CCCC[C@H](NC(=O)CNC(=O)Cc1cccc2ccccc12)C(=O)O. The normalized spacial score (nSPS) is 11.7. The van der Waals surface area contributed by atoms with Gasteiger partial charge in [-0.3, -0.25) is 9.59 Å². The van der Waals surface area contributed by atoms with E-state index < -0.39 is 17.9 Å². The quantitative estimate of drug-likeness (QED) is 0.642. The van der Waals surface area contributed by atoms with E-state index in [0.717, 1.165) is 22.8 Å². The van der Waals surface area contributed by atoms with Gasteiger partial charge in [0.05, 0.1) is 13.0 Å². The van der Waals surface area contributed by atoms with Crippen molar-refractivity contribution >= 4 is 28.6 Å². The topological polar surface area (TPSA) is 95.5 Å². The zero-order chi connectivity index (χ0) is 18.9. The zero-order valence-corrected chi connectivity index (χ0v) is 14.8. The number of unbranched alkanes of at least 4 members (excludes halogenated alkanes) is 1. The molecule has 3 N–H and O–H groups in total. The first kappa shape index (κ1) is 19.4. The predicted molar refractivity (Wildman–Crippen MR) is 99.8 cm³/mol. The van der Waals surface area contributed by atoms with Gasteiger partial charge in [0.15, 0.2) is 0 Å². The maximum atomic E-state index is 12.1. The van der Waals surface area contributed by atoms with E-state index in [1.807, 2.05) is 49.4 Å². The van der Waals surface area contributed by atoms with Gasteiger partial charge in [0.1, 0.15) is 6.04 Å². The molecule has 0 aliphatic rings. The first-order chi connectivity index (χ1) is 12.5. The lowest BCUT2D eigenvalue weighted by molar-refractivity contribution is -0.141. The minimum atomic E-state index is -1.06. The highest BCUT2D eigenvalue weighted by Crippen LogP contribution is 2.18. The van der Waals surface area contributed by atoms with Crippen LogP contribution in [-0.4, -0.2) is 35.5 Å². The van der Waals surface area contributed by atoms with Gasteiger partial charge in [-0.05, 0) is 22.8 Å². The van der Waals surface area contributed by atoms with Crippen LogP contribution < -0.4 is 10.6 Å². The minimum Gasteiger partial charge on any atom is -0.480 e. The van der Waals surface area contributed by atoms with Crippen LogP contribution in [0.2, 0.25) is 0 Å². The molecule has 0 aliphatic carbocycles. The number of amides is 2. The van der Waals surface area contributed by atoms with Crippen LogP contribution in [0.1, 0.15) is 31.7 Å². The Bertz CT molecular complexity index is 783. The van der Waals surface area contributed by atoms with Crippen molar-refractivity contribution in [1.82, 2.24) is 10.6 Å². The molecule has 0 radical (unpaired) electrons. The molecule has 0 heterocycles. The van der Waals surface area contributed by atoms with Gasteiger partial charge in [0.2, 0.25) is 11.8 Å². The summed E-state index contributed by atoms with van der Waals surface area (Å²) in [6.07, 6.45) is 2.10. The fourth-order valence-electron chi connectivity index (χ4n) is 2.77. The van der Waals surface area contributed by atoms with Crippen LogP contribution in [0, 0.1) is 0 Å². The number of aliphatic carboxylic acids is 1. The Balaban J connectivity index is 1.87. The van der Waals surface area contributed by atoms with Gasteiger partial charge in [-0.1, -0.05) is 62.2 Å². The molecule has 2 aromatic carbocycles. The molecule has 0 bridgehead atoms. The molecule has 138 valence electrons. The van der Waals surface area contributed by atoms with Crippen molar-refractivity contribution in [2.75, 3.05) is 6.54 Å². The standard InChI is InChI=1S/C20H24N2O4/c1-2-3-11-17(20(25)26)22-19(24)13-21-18(23)12-15-9-6-8-14-7-4-5-10-16(14)15/h4-10,17H,2-3,11-13H2,1H3,(H,21,23)(H,22,24)(H,25,26)/t17-/m0/s1. The molecule has 2 amide bonds. The molecular weight excluding hydrogens is 332 g/mol. The summed E-state index contributed by atoms with van der Waals surface area (Å²) in [5, 5.41) is 16.2. The van der Waals surface area contributed by atoms with Crippen LogP contribution in [0.25, 0.3) is 10.8 Å². The Morgan fingerprint density at radius 1 is 1.04 bits per heavy atom. The van der Waals surface area contributed by atoms with Crippen molar-refractivity contribution < 1.29 is 19.5 Å². The van der Waals surface area contributed by atoms with Crippen LogP contribution >= 0.6 is 0 Å². The summed E-state index contributed by atoms with van der Waals surface area (Å²) >= 11 is 0. The average Bonchev–Trinajstić information content (AvgIpc) is 2.63. The largest absolute Gasteiger partial charge is 0.480 e. The van der Waals surface area contributed by atoms with E-state index in [4.69, 9.17) is 5.11 Å². The van der Waals surface area contributed by atoms with E-state index >= 15 is 0 Å². The molecule has 0 unspecified atom stereocenters. The van der Waals surface area contributed by atoms with E-state index in [2.05, 4.69) is 10.6 Å². The Morgan fingerprint density at radius 2 is 1.77 bits per heavy atom. The van der Waals surface area contributed by atoms with Crippen LogP contribution in [0.5, 0.6) is 0 Å². The Kier molecular flexibility index (Phi) is 7.14.